The molecule has 2 aromatic heterocycles. The average molecular weight is 359 g/mol. The summed E-state index contributed by atoms with van der Waals surface area (Å²) in [5.41, 5.74) is 2.80. The molecular formula is C18H22FN5S. The van der Waals surface area contributed by atoms with E-state index in [-0.39, 0.29) is 11.2 Å². The summed E-state index contributed by atoms with van der Waals surface area (Å²) in [5.74, 6) is 0.534. The number of halogens is 1. The van der Waals surface area contributed by atoms with Crippen molar-refractivity contribution in [3.63, 3.8) is 0 Å². The zero-order chi connectivity index (χ0) is 18.2. The van der Waals surface area contributed by atoms with Gasteiger partial charge in [-0.25, -0.2) is 4.39 Å². The summed E-state index contributed by atoms with van der Waals surface area (Å²) in [6.07, 6.45) is 1.98. The molecule has 0 aliphatic carbocycles. The molecule has 2 heterocycles. The smallest absolute Gasteiger partial charge is 0.191 e. The maximum atomic E-state index is 13.2. The standard InChI is InChI=1S/C18H22FN5S/c1-18(2,3)15-10-14(16-20-21-17(25-5)23(16)4)24(22-15)11-12-6-8-13(19)9-7-12/h6-10H,11H2,1-5H3. The number of benzene rings is 1. The molecule has 132 valence electrons. The highest BCUT2D eigenvalue weighted by molar-refractivity contribution is 7.98. The van der Waals surface area contributed by atoms with Gasteiger partial charge in [-0.2, -0.15) is 5.10 Å². The number of hydrogen-bond acceptors (Lipinski definition) is 4. The van der Waals surface area contributed by atoms with Gasteiger partial charge >= 0.3 is 0 Å². The summed E-state index contributed by atoms with van der Waals surface area (Å²) in [6.45, 7) is 6.94. The van der Waals surface area contributed by atoms with Gasteiger partial charge in [0.25, 0.3) is 0 Å². The molecule has 1 aromatic carbocycles. The fourth-order valence-electron chi connectivity index (χ4n) is 2.56. The molecule has 0 saturated carbocycles. The number of rotatable bonds is 4. The molecule has 5 nitrogen and oxygen atoms in total. The van der Waals surface area contributed by atoms with E-state index in [4.69, 9.17) is 5.10 Å². The van der Waals surface area contributed by atoms with Crippen LogP contribution in [0.1, 0.15) is 32.0 Å². The van der Waals surface area contributed by atoms with Crippen LogP contribution in [0.25, 0.3) is 11.5 Å². The van der Waals surface area contributed by atoms with E-state index in [0.29, 0.717) is 6.54 Å². The number of aromatic nitrogens is 5. The fourth-order valence-corrected chi connectivity index (χ4v) is 3.05. The highest BCUT2D eigenvalue weighted by Gasteiger charge is 2.23. The van der Waals surface area contributed by atoms with Crippen molar-refractivity contribution < 1.29 is 4.39 Å². The zero-order valence-electron chi connectivity index (χ0n) is 15.1. The van der Waals surface area contributed by atoms with Gasteiger partial charge in [0.1, 0.15) is 11.5 Å². The quantitative estimate of drug-likeness (QED) is 0.663. The summed E-state index contributed by atoms with van der Waals surface area (Å²) in [6, 6.07) is 8.56. The van der Waals surface area contributed by atoms with Gasteiger partial charge in [-0.05, 0) is 30.0 Å². The molecule has 3 rings (SSSR count). The predicted molar refractivity (Wildman–Crippen MR) is 98.2 cm³/mol. The third-order valence-corrected chi connectivity index (χ3v) is 4.76. The number of thioether (sulfide) groups is 1. The topological polar surface area (TPSA) is 48.5 Å². The molecule has 0 fully saturated rings. The summed E-state index contributed by atoms with van der Waals surface area (Å²) in [7, 11) is 1.95. The first-order valence-corrected chi connectivity index (χ1v) is 9.28. The molecule has 0 unspecified atom stereocenters. The van der Waals surface area contributed by atoms with E-state index < -0.39 is 0 Å². The lowest BCUT2D eigenvalue weighted by Gasteiger charge is -2.14. The Bertz CT molecular complexity index is 874. The molecule has 0 bridgehead atoms. The van der Waals surface area contributed by atoms with Crippen molar-refractivity contribution in [2.75, 3.05) is 6.26 Å². The SMILES string of the molecule is CSc1nnc(-c2cc(C(C)(C)C)nn2Cc2ccc(F)cc2)n1C. The minimum Gasteiger partial charge on any atom is -0.304 e. The van der Waals surface area contributed by atoms with Crippen molar-refractivity contribution in [3.8, 4) is 11.5 Å². The first-order valence-electron chi connectivity index (χ1n) is 8.06. The second kappa shape index (κ2) is 6.63. The van der Waals surface area contributed by atoms with E-state index in [1.165, 1.54) is 12.1 Å². The maximum absolute atomic E-state index is 13.2. The number of nitrogens with zero attached hydrogens (tertiary/aromatic N) is 5. The van der Waals surface area contributed by atoms with Crippen LogP contribution >= 0.6 is 11.8 Å². The van der Waals surface area contributed by atoms with Crippen LogP contribution in [-0.2, 0) is 19.0 Å². The van der Waals surface area contributed by atoms with Gasteiger partial charge in [-0.3, -0.25) is 4.68 Å². The Balaban J connectivity index is 2.07. The van der Waals surface area contributed by atoms with Crippen molar-refractivity contribution in [1.29, 1.82) is 0 Å². The summed E-state index contributed by atoms with van der Waals surface area (Å²) in [4.78, 5) is 0. The van der Waals surface area contributed by atoms with Gasteiger partial charge in [-0.15, -0.1) is 10.2 Å². The van der Waals surface area contributed by atoms with E-state index in [1.54, 1.807) is 23.9 Å². The zero-order valence-corrected chi connectivity index (χ0v) is 15.9. The minimum atomic E-state index is -0.238. The Morgan fingerprint density at radius 3 is 2.36 bits per heavy atom. The van der Waals surface area contributed by atoms with Gasteiger partial charge in [0.15, 0.2) is 11.0 Å². The van der Waals surface area contributed by atoms with Gasteiger partial charge in [0, 0.05) is 12.5 Å². The lowest BCUT2D eigenvalue weighted by Crippen LogP contribution is -2.13. The van der Waals surface area contributed by atoms with Crippen LogP contribution in [0.15, 0.2) is 35.5 Å². The Morgan fingerprint density at radius 1 is 1.12 bits per heavy atom. The maximum Gasteiger partial charge on any atom is 0.191 e. The summed E-state index contributed by atoms with van der Waals surface area (Å²) in [5, 5.41) is 14.2. The Morgan fingerprint density at radius 2 is 1.80 bits per heavy atom. The van der Waals surface area contributed by atoms with Crippen molar-refractivity contribution >= 4 is 11.8 Å². The monoisotopic (exact) mass is 359 g/mol. The first kappa shape index (κ1) is 17.7. The highest BCUT2D eigenvalue weighted by atomic mass is 32.2. The third kappa shape index (κ3) is 3.61. The predicted octanol–water partition coefficient (Wildman–Crippen LogP) is 3.89. The van der Waals surface area contributed by atoms with E-state index in [0.717, 1.165) is 27.9 Å². The summed E-state index contributed by atoms with van der Waals surface area (Å²) >= 11 is 1.55. The van der Waals surface area contributed by atoms with E-state index in [2.05, 4.69) is 37.0 Å². The molecule has 0 aliphatic rings. The van der Waals surface area contributed by atoms with Crippen LogP contribution in [0, 0.1) is 5.82 Å². The molecule has 0 atom stereocenters. The van der Waals surface area contributed by atoms with Gasteiger partial charge in [-0.1, -0.05) is 44.7 Å². The normalized spacial score (nSPS) is 11.9. The lowest BCUT2D eigenvalue weighted by molar-refractivity contribution is 0.545. The van der Waals surface area contributed by atoms with Crippen LogP contribution in [-0.4, -0.2) is 30.8 Å². The molecule has 0 radical (unpaired) electrons. The van der Waals surface area contributed by atoms with Crippen LogP contribution < -0.4 is 0 Å². The molecule has 0 spiro atoms. The van der Waals surface area contributed by atoms with Crippen molar-refractivity contribution in [2.45, 2.75) is 37.9 Å². The van der Waals surface area contributed by atoms with Gasteiger partial charge in [0.05, 0.1) is 12.2 Å². The molecule has 25 heavy (non-hydrogen) atoms. The Labute approximate surface area is 151 Å². The first-order chi connectivity index (χ1) is 11.8. The molecule has 0 N–H and O–H groups in total. The third-order valence-electron chi connectivity index (χ3n) is 4.04. The molecule has 0 amide bonds. The highest BCUT2D eigenvalue weighted by Crippen LogP contribution is 2.28. The average Bonchev–Trinajstić information content (AvgIpc) is 3.12. The Hall–Kier alpha value is -2.15. The van der Waals surface area contributed by atoms with Crippen LogP contribution in [0.4, 0.5) is 4.39 Å². The number of hydrogen-bond donors (Lipinski definition) is 0. The van der Waals surface area contributed by atoms with Crippen molar-refractivity contribution in [3.05, 3.63) is 47.4 Å². The van der Waals surface area contributed by atoms with E-state index in [1.807, 2.05) is 22.6 Å². The second-order valence-electron chi connectivity index (χ2n) is 7.02. The van der Waals surface area contributed by atoms with Crippen molar-refractivity contribution in [1.82, 2.24) is 24.5 Å². The molecule has 0 aliphatic heterocycles. The van der Waals surface area contributed by atoms with E-state index in [9.17, 15) is 4.39 Å². The van der Waals surface area contributed by atoms with Gasteiger partial charge in [0.2, 0.25) is 0 Å². The second-order valence-corrected chi connectivity index (χ2v) is 7.79. The molecule has 7 heteroatoms. The molecule has 3 aromatic rings. The van der Waals surface area contributed by atoms with E-state index >= 15 is 0 Å². The minimum absolute atomic E-state index is 0.0796. The van der Waals surface area contributed by atoms with Gasteiger partial charge < -0.3 is 4.57 Å². The van der Waals surface area contributed by atoms with Crippen LogP contribution in [0.5, 0.6) is 0 Å². The molecule has 0 saturated heterocycles. The summed E-state index contributed by atoms with van der Waals surface area (Å²) < 4.78 is 17.1. The fraction of sp³-hybridized carbons (Fsp3) is 0.389. The lowest BCUT2D eigenvalue weighted by atomic mass is 9.92. The van der Waals surface area contributed by atoms with Crippen LogP contribution in [0.3, 0.4) is 0 Å². The largest absolute Gasteiger partial charge is 0.304 e. The molecular weight excluding hydrogens is 337 g/mol. The van der Waals surface area contributed by atoms with Crippen LogP contribution in [0.2, 0.25) is 0 Å². The Kier molecular flexibility index (Phi) is 4.69. The van der Waals surface area contributed by atoms with Crippen molar-refractivity contribution in [2.24, 2.45) is 7.05 Å².